The third-order valence-electron chi connectivity index (χ3n) is 4.22. The normalized spacial score (nSPS) is 28.4. The predicted molar refractivity (Wildman–Crippen MR) is 71.6 cm³/mol. The summed E-state index contributed by atoms with van der Waals surface area (Å²) in [4.78, 5) is 9.51. The van der Waals surface area contributed by atoms with Crippen molar-refractivity contribution >= 4 is 5.82 Å². The van der Waals surface area contributed by atoms with Crippen molar-refractivity contribution in [2.75, 3.05) is 24.5 Å². The first-order chi connectivity index (χ1) is 8.78. The van der Waals surface area contributed by atoms with Gasteiger partial charge in [0, 0.05) is 31.4 Å². The van der Waals surface area contributed by atoms with E-state index in [1.165, 1.54) is 19.4 Å². The summed E-state index contributed by atoms with van der Waals surface area (Å²) in [6.45, 7) is 5.84. The maximum absolute atomic E-state index is 9.05. The summed E-state index contributed by atoms with van der Waals surface area (Å²) in [6.07, 6.45) is 4.43. The Labute approximate surface area is 108 Å². The van der Waals surface area contributed by atoms with Gasteiger partial charge in [-0.05, 0) is 37.9 Å². The zero-order chi connectivity index (χ0) is 12.5. The molecule has 0 saturated carbocycles. The van der Waals surface area contributed by atoms with E-state index in [1.807, 2.05) is 12.1 Å². The Kier molecular flexibility index (Phi) is 3.22. The number of fused-ring (bicyclic) bond motifs is 1. The smallest absolute Gasteiger partial charge is 0.128 e. The monoisotopic (exact) mass is 247 g/mol. The van der Waals surface area contributed by atoms with Crippen molar-refractivity contribution in [2.45, 2.75) is 38.5 Å². The molecule has 0 radical (unpaired) electrons. The molecule has 2 aliphatic rings. The molecule has 4 heteroatoms. The number of aliphatic hydroxyl groups excluding tert-OH is 1. The lowest BCUT2D eigenvalue weighted by molar-refractivity contribution is 0.202. The number of piperazine rings is 1. The van der Waals surface area contributed by atoms with E-state index in [-0.39, 0.29) is 6.61 Å². The summed E-state index contributed by atoms with van der Waals surface area (Å²) in [5.74, 6) is 1.05. The highest BCUT2D eigenvalue weighted by molar-refractivity contribution is 5.41. The zero-order valence-corrected chi connectivity index (χ0v) is 10.9. The van der Waals surface area contributed by atoms with Crippen molar-refractivity contribution in [1.82, 2.24) is 9.88 Å². The molecule has 2 atom stereocenters. The van der Waals surface area contributed by atoms with Gasteiger partial charge in [-0.15, -0.1) is 0 Å². The molecule has 3 rings (SSSR count). The molecule has 2 unspecified atom stereocenters. The number of rotatable bonds is 2. The zero-order valence-electron chi connectivity index (χ0n) is 10.9. The maximum Gasteiger partial charge on any atom is 0.128 e. The third kappa shape index (κ3) is 2.10. The van der Waals surface area contributed by atoms with E-state index >= 15 is 0 Å². The van der Waals surface area contributed by atoms with Crippen LogP contribution in [0.4, 0.5) is 5.82 Å². The van der Waals surface area contributed by atoms with Crippen LogP contribution in [0.1, 0.15) is 25.3 Å². The minimum atomic E-state index is 0.0687. The fraction of sp³-hybridized carbons (Fsp3) is 0.643. The van der Waals surface area contributed by atoms with Crippen LogP contribution in [0.25, 0.3) is 0 Å². The summed E-state index contributed by atoms with van der Waals surface area (Å²) < 4.78 is 0. The topological polar surface area (TPSA) is 39.6 Å². The number of hydrogen-bond acceptors (Lipinski definition) is 4. The Morgan fingerprint density at radius 3 is 3.00 bits per heavy atom. The van der Waals surface area contributed by atoms with Crippen LogP contribution in [-0.4, -0.2) is 46.7 Å². The van der Waals surface area contributed by atoms with Crippen molar-refractivity contribution in [3.8, 4) is 0 Å². The van der Waals surface area contributed by atoms with Crippen molar-refractivity contribution < 1.29 is 5.11 Å². The van der Waals surface area contributed by atoms with Gasteiger partial charge in [-0.2, -0.15) is 0 Å². The van der Waals surface area contributed by atoms with Crippen LogP contribution in [-0.2, 0) is 6.61 Å². The molecular weight excluding hydrogens is 226 g/mol. The molecule has 18 heavy (non-hydrogen) atoms. The van der Waals surface area contributed by atoms with Gasteiger partial charge in [0.15, 0.2) is 0 Å². The first kappa shape index (κ1) is 11.9. The highest BCUT2D eigenvalue weighted by Gasteiger charge is 2.34. The van der Waals surface area contributed by atoms with Gasteiger partial charge in [0.05, 0.1) is 6.61 Å². The second-order valence-corrected chi connectivity index (χ2v) is 5.48. The fourth-order valence-corrected chi connectivity index (χ4v) is 3.19. The van der Waals surface area contributed by atoms with Gasteiger partial charge in [-0.25, -0.2) is 4.98 Å². The van der Waals surface area contributed by atoms with Gasteiger partial charge in [-0.3, -0.25) is 4.90 Å². The Bertz CT molecular complexity index is 406. The van der Waals surface area contributed by atoms with Crippen LogP contribution >= 0.6 is 0 Å². The molecule has 0 amide bonds. The van der Waals surface area contributed by atoms with E-state index in [0.29, 0.717) is 12.1 Å². The summed E-state index contributed by atoms with van der Waals surface area (Å²) in [5.41, 5.74) is 0.880. The average Bonchev–Trinajstić information content (AvgIpc) is 2.85. The van der Waals surface area contributed by atoms with Crippen LogP contribution in [0.15, 0.2) is 18.3 Å². The predicted octanol–water partition coefficient (Wildman–Crippen LogP) is 1.25. The molecule has 98 valence electrons. The molecule has 2 fully saturated rings. The molecule has 1 N–H and O–H groups in total. The van der Waals surface area contributed by atoms with Crippen molar-refractivity contribution in [3.05, 3.63) is 23.9 Å². The average molecular weight is 247 g/mol. The third-order valence-corrected chi connectivity index (χ3v) is 4.22. The number of nitrogens with zero attached hydrogens (tertiary/aromatic N) is 3. The molecule has 1 aromatic rings. The second-order valence-electron chi connectivity index (χ2n) is 5.48. The standard InChI is InChI=1S/C14H21N3O/c1-11-8-16-6-2-3-13(16)9-17(11)14-5-4-12(10-18)7-15-14/h4-5,7,11,13,18H,2-3,6,8-10H2,1H3. The van der Waals surface area contributed by atoms with Gasteiger partial charge < -0.3 is 10.0 Å². The van der Waals surface area contributed by atoms with E-state index in [9.17, 15) is 0 Å². The summed E-state index contributed by atoms with van der Waals surface area (Å²) >= 11 is 0. The Morgan fingerprint density at radius 2 is 2.28 bits per heavy atom. The summed E-state index contributed by atoms with van der Waals surface area (Å²) in [7, 11) is 0. The fourth-order valence-electron chi connectivity index (χ4n) is 3.19. The number of aliphatic hydroxyl groups is 1. The molecule has 3 heterocycles. The van der Waals surface area contributed by atoms with E-state index in [2.05, 4.69) is 21.7 Å². The Hall–Kier alpha value is -1.13. The lowest BCUT2D eigenvalue weighted by Crippen LogP contribution is -2.55. The largest absolute Gasteiger partial charge is 0.392 e. The lowest BCUT2D eigenvalue weighted by atomic mass is 10.1. The van der Waals surface area contributed by atoms with Gasteiger partial charge in [0.1, 0.15) is 5.82 Å². The van der Waals surface area contributed by atoms with Crippen LogP contribution in [0.5, 0.6) is 0 Å². The summed E-state index contributed by atoms with van der Waals surface area (Å²) in [5, 5.41) is 9.05. The molecule has 2 aliphatic heterocycles. The molecule has 0 bridgehead atoms. The molecule has 2 saturated heterocycles. The van der Waals surface area contributed by atoms with E-state index < -0.39 is 0 Å². The maximum atomic E-state index is 9.05. The van der Waals surface area contributed by atoms with Crippen LogP contribution in [0, 0.1) is 0 Å². The second kappa shape index (κ2) is 4.86. The van der Waals surface area contributed by atoms with Crippen molar-refractivity contribution in [3.63, 3.8) is 0 Å². The SMILES string of the molecule is CC1CN2CCCC2CN1c1ccc(CO)cn1. The van der Waals surface area contributed by atoms with Crippen LogP contribution < -0.4 is 4.90 Å². The quantitative estimate of drug-likeness (QED) is 0.853. The molecule has 1 aromatic heterocycles. The van der Waals surface area contributed by atoms with E-state index in [4.69, 9.17) is 5.11 Å². The highest BCUT2D eigenvalue weighted by Crippen LogP contribution is 2.27. The van der Waals surface area contributed by atoms with Crippen LogP contribution in [0.2, 0.25) is 0 Å². The number of hydrogen-bond donors (Lipinski definition) is 1. The first-order valence-electron chi connectivity index (χ1n) is 6.84. The van der Waals surface area contributed by atoms with E-state index in [0.717, 1.165) is 24.5 Å². The van der Waals surface area contributed by atoms with Crippen molar-refractivity contribution in [2.24, 2.45) is 0 Å². The van der Waals surface area contributed by atoms with E-state index in [1.54, 1.807) is 6.20 Å². The van der Waals surface area contributed by atoms with Crippen LogP contribution in [0.3, 0.4) is 0 Å². The number of aromatic nitrogens is 1. The lowest BCUT2D eigenvalue weighted by Gasteiger charge is -2.43. The van der Waals surface area contributed by atoms with Gasteiger partial charge in [0.25, 0.3) is 0 Å². The van der Waals surface area contributed by atoms with Gasteiger partial charge >= 0.3 is 0 Å². The van der Waals surface area contributed by atoms with Crippen molar-refractivity contribution in [1.29, 1.82) is 0 Å². The summed E-state index contributed by atoms with van der Waals surface area (Å²) in [6, 6.07) is 5.23. The minimum absolute atomic E-state index is 0.0687. The minimum Gasteiger partial charge on any atom is -0.392 e. The molecule has 0 aliphatic carbocycles. The molecule has 0 spiro atoms. The molecule has 0 aromatic carbocycles. The Balaban J connectivity index is 1.77. The number of pyridine rings is 1. The van der Waals surface area contributed by atoms with Gasteiger partial charge in [-0.1, -0.05) is 6.07 Å². The first-order valence-corrected chi connectivity index (χ1v) is 6.84. The Morgan fingerprint density at radius 1 is 1.39 bits per heavy atom. The molecular formula is C14H21N3O. The molecule has 4 nitrogen and oxygen atoms in total. The number of anilines is 1. The van der Waals surface area contributed by atoms with Gasteiger partial charge in [0.2, 0.25) is 0 Å². The highest BCUT2D eigenvalue weighted by atomic mass is 16.3.